The second kappa shape index (κ2) is 7.64. The van der Waals surface area contributed by atoms with Crippen LogP contribution in [-0.2, 0) is 13.0 Å². The Balaban J connectivity index is 2.19. The van der Waals surface area contributed by atoms with Crippen LogP contribution in [0.2, 0.25) is 0 Å². The van der Waals surface area contributed by atoms with Gasteiger partial charge in [0.25, 0.3) is 0 Å². The van der Waals surface area contributed by atoms with Crippen LogP contribution in [0.4, 0.5) is 4.39 Å². The van der Waals surface area contributed by atoms with E-state index < -0.39 is 0 Å². The standard InChI is InChI=1S/C17H20FNO2/c1-20-16-10-4-7-13(8-5-11-19)17(16)21-12-14-6-2-3-9-15(14)18/h2-4,6-7,9-10H,5,8,11-12,19H2,1H3. The molecular weight excluding hydrogens is 269 g/mol. The highest BCUT2D eigenvalue weighted by Crippen LogP contribution is 2.32. The van der Waals surface area contributed by atoms with Crippen molar-refractivity contribution in [1.82, 2.24) is 0 Å². The maximum atomic E-state index is 13.7. The molecule has 0 atom stereocenters. The van der Waals surface area contributed by atoms with E-state index in [1.54, 1.807) is 25.3 Å². The zero-order valence-electron chi connectivity index (χ0n) is 12.1. The largest absolute Gasteiger partial charge is 0.493 e. The number of benzene rings is 2. The number of rotatable bonds is 7. The number of ether oxygens (including phenoxy) is 2. The first-order valence-electron chi connectivity index (χ1n) is 6.98. The Bertz CT molecular complexity index is 587. The lowest BCUT2D eigenvalue weighted by molar-refractivity contribution is 0.276. The number of aryl methyl sites for hydroxylation is 1. The van der Waals surface area contributed by atoms with E-state index in [2.05, 4.69) is 0 Å². The van der Waals surface area contributed by atoms with E-state index in [4.69, 9.17) is 15.2 Å². The summed E-state index contributed by atoms with van der Waals surface area (Å²) in [7, 11) is 1.60. The van der Waals surface area contributed by atoms with Crippen LogP contribution in [0.3, 0.4) is 0 Å². The molecule has 0 aliphatic rings. The third kappa shape index (κ3) is 3.95. The van der Waals surface area contributed by atoms with Gasteiger partial charge in [-0.1, -0.05) is 30.3 Å². The zero-order valence-corrected chi connectivity index (χ0v) is 12.1. The topological polar surface area (TPSA) is 44.5 Å². The van der Waals surface area contributed by atoms with Crippen molar-refractivity contribution >= 4 is 0 Å². The maximum Gasteiger partial charge on any atom is 0.164 e. The van der Waals surface area contributed by atoms with Crippen molar-refractivity contribution in [3.63, 3.8) is 0 Å². The highest BCUT2D eigenvalue weighted by Gasteiger charge is 2.11. The zero-order chi connectivity index (χ0) is 15.1. The third-order valence-corrected chi connectivity index (χ3v) is 3.26. The SMILES string of the molecule is COc1cccc(CCCN)c1OCc1ccccc1F. The average Bonchev–Trinajstić information content (AvgIpc) is 2.52. The minimum atomic E-state index is -0.268. The predicted molar refractivity (Wildman–Crippen MR) is 81.1 cm³/mol. The highest BCUT2D eigenvalue weighted by atomic mass is 19.1. The van der Waals surface area contributed by atoms with Gasteiger partial charge in [0.1, 0.15) is 12.4 Å². The molecular formula is C17H20FNO2. The van der Waals surface area contributed by atoms with Crippen LogP contribution in [-0.4, -0.2) is 13.7 Å². The van der Waals surface area contributed by atoms with Crippen molar-refractivity contribution in [3.05, 3.63) is 59.4 Å². The lowest BCUT2D eigenvalue weighted by Gasteiger charge is -2.15. The van der Waals surface area contributed by atoms with E-state index in [9.17, 15) is 4.39 Å². The summed E-state index contributed by atoms with van der Waals surface area (Å²) in [5.74, 6) is 1.05. The molecule has 0 saturated carbocycles. The summed E-state index contributed by atoms with van der Waals surface area (Å²) in [4.78, 5) is 0. The van der Waals surface area contributed by atoms with Gasteiger partial charge in [0.15, 0.2) is 11.5 Å². The molecule has 0 aliphatic carbocycles. The molecule has 0 unspecified atom stereocenters. The summed E-state index contributed by atoms with van der Waals surface area (Å²) in [6.07, 6.45) is 1.67. The van der Waals surface area contributed by atoms with E-state index in [0.717, 1.165) is 18.4 Å². The summed E-state index contributed by atoms with van der Waals surface area (Å²) in [6, 6.07) is 12.3. The van der Waals surface area contributed by atoms with E-state index in [-0.39, 0.29) is 12.4 Å². The van der Waals surface area contributed by atoms with Crippen LogP contribution in [0.5, 0.6) is 11.5 Å². The van der Waals surface area contributed by atoms with Gasteiger partial charge >= 0.3 is 0 Å². The van der Waals surface area contributed by atoms with Gasteiger partial charge in [0.05, 0.1) is 7.11 Å². The number of para-hydroxylation sites is 1. The molecule has 21 heavy (non-hydrogen) atoms. The molecule has 0 aliphatic heterocycles. The summed E-state index contributed by atoms with van der Waals surface area (Å²) in [5.41, 5.74) is 7.11. The fraction of sp³-hybridized carbons (Fsp3) is 0.294. The molecule has 2 aromatic rings. The molecule has 0 heterocycles. The van der Waals surface area contributed by atoms with Gasteiger partial charge in [0.2, 0.25) is 0 Å². The van der Waals surface area contributed by atoms with Gasteiger partial charge in [0, 0.05) is 5.56 Å². The third-order valence-electron chi connectivity index (χ3n) is 3.26. The molecule has 4 heteroatoms. The van der Waals surface area contributed by atoms with Crippen LogP contribution in [0.1, 0.15) is 17.5 Å². The van der Waals surface area contributed by atoms with Crippen LogP contribution < -0.4 is 15.2 Å². The summed E-state index contributed by atoms with van der Waals surface area (Å²) >= 11 is 0. The van der Waals surface area contributed by atoms with Crippen molar-refractivity contribution < 1.29 is 13.9 Å². The first-order valence-corrected chi connectivity index (χ1v) is 6.98. The Labute approximate surface area is 124 Å². The smallest absolute Gasteiger partial charge is 0.164 e. The van der Waals surface area contributed by atoms with Crippen molar-refractivity contribution in [2.24, 2.45) is 5.73 Å². The number of hydrogen-bond donors (Lipinski definition) is 1. The van der Waals surface area contributed by atoms with Crippen molar-refractivity contribution in [2.45, 2.75) is 19.4 Å². The minimum Gasteiger partial charge on any atom is -0.493 e. The Morgan fingerprint density at radius 2 is 1.81 bits per heavy atom. The first kappa shape index (κ1) is 15.3. The quantitative estimate of drug-likeness (QED) is 0.850. The Kier molecular flexibility index (Phi) is 5.58. The molecule has 2 rings (SSSR count). The molecule has 0 amide bonds. The molecule has 2 N–H and O–H groups in total. The van der Waals surface area contributed by atoms with Crippen LogP contribution in [0, 0.1) is 5.82 Å². The van der Waals surface area contributed by atoms with Crippen molar-refractivity contribution in [3.8, 4) is 11.5 Å². The van der Waals surface area contributed by atoms with Gasteiger partial charge in [-0.3, -0.25) is 0 Å². The van der Waals surface area contributed by atoms with E-state index in [0.29, 0.717) is 23.6 Å². The Hall–Kier alpha value is -2.07. The molecule has 0 aromatic heterocycles. The fourth-order valence-corrected chi connectivity index (χ4v) is 2.14. The molecule has 0 radical (unpaired) electrons. The van der Waals surface area contributed by atoms with Crippen LogP contribution in [0.15, 0.2) is 42.5 Å². The number of hydrogen-bond acceptors (Lipinski definition) is 3. The predicted octanol–water partition coefficient (Wildman–Crippen LogP) is 3.30. The van der Waals surface area contributed by atoms with Crippen molar-refractivity contribution in [1.29, 1.82) is 0 Å². The molecule has 0 spiro atoms. The molecule has 3 nitrogen and oxygen atoms in total. The molecule has 2 aromatic carbocycles. The summed E-state index contributed by atoms with van der Waals surface area (Å²) < 4.78 is 24.8. The lowest BCUT2D eigenvalue weighted by atomic mass is 10.1. The molecule has 0 fully saturated rings. The fourth-order valence-electron chi connectivity index (χ4n) is 2.14. The van der Waals surface area contributed by atoms with Gasteiger partial charge in [-0.25, -0.2) is 4.39 Å². The first-order chi connectivity index (χ1) is 10.3. The minimum absolute atomic E-state index is 0.169. The molecule has 0 saturated heterocycles. The maximum absolute atomic E-state index is 13.7. The number of halogens is 1. The normalized spacial score (nSPS) is 10.4. The second-order valence-corrected chi connectivity index (χ2v) is 4.72. The number of nitrogens with two attached hydrogens (primary N) is 1. The highest BCUT2D eigenvalue weighted by molar-refractivity contribution is 5.46. The second-order valence-electron chi connectivity index (χ2n) is 4.72. The monoisotopic (exact) mass is 289 g/mol. The van der Waals surface area contributed by atoms with Gasteiger partial charge in [-0.05, 0) is 37.1 Å². The molecule has 112 valence electrons. The number of methoxy groups -OCH3 is 1. The van der Waals surface area contributed by atoms with E-state index in [1.807, 2.05) is 18.2 Å². The van der Waals surface area contributed by atoms with E-state index in [1.165, 1.54) is 6.07 Å². The lowest BCUT2D eigenvalue weighted by Crippen LogP contribution is -2.05. The van der Waals surface area contributed by atoms with Gasteiger partial charge < -0.3 is 15.2 Å². The average molecular weight is 289 g/mol. The van der Waals surface area contributed by atoms with Gasteiger partial charge in [-0.15, -0.1) is 0 Å². The van der Waals surface area contributed by atoms with Crippen LogP contribution >= 0.6 is 0 Å². The molecule has 0 bridgehead atoms. The van der Waals surface area contributed by atoms with E-state index >= 15 is 0 Å². The summed E-state index contributed by atoms with van der Waals surface area (Å²) in [6.45, 7) is 0.784. The Morgan fingerprint density at radius 3 is 2.52 bits per heavy atom. The summed E-state index contributed by atoms with van der Waals surface area (Å²) in [5, 5.41) is 0. The van der Waals surface area contributed by atoms with Crippen molar-refractivity contribution in [2.75, 3.05) is 13.7 Å². The van der Waals surface area contributed by atoms with Crippen LogP contribution in [0.25, 0.3) is 0 Å². The Morgan fingerprint density at radius 1 is 1.05 bits per heavy atom. The van der Waals surface area contributed by atoms with Gasteiger partial charge in [-0.2, -0.15) is 0 Å².